The van der Waals surface area contributed by atoms with E-state index in [0.717, 1.165) is 15.4 Å². The number of benzene rings is 1. The molecule has 0 bridgehead atoms. The van der Waals surface area contributed by atoms with Gasteiger partial charge >= 0.3 is 6.03 Å². The molecular weight excluding hydrogens is 246 g/mol. The van der Waals surface area contributed by atoms with E-state index in [1.807, 2.05) is 30.3 Å². The molecule has 0 aliphatic carbocycles. The van der Waals surface area contributed by atoms with Gasteiger partial charge in [-0.15, -0.1) is 0 Å². The summed E-state index contributed by atoms with van der Waals surface area (Å²) in [6, 6.07) is 8.62. The van der Waals surface area contributed by atoms with Crippen molar-refractivity contribution in [3.63, 3.8) is 0 Å². The number of amides is 4. The number of imide groups is 2. The lowest BCUT2D eigenvalue weighted by Gasteiger charge is -2.27. The van der Waals surface area contributed by atoms with Gasteiger partial charge in [-0.25, -0.2) is 4.79 Å². The summed E-state index contributed by atoms with van der Waals surface area (Å²) >= 11 is 0. The molecule has 4 amide bonds. The molecule has 0 N–H and O–H groups in total. The number of nitrogens with zero attached hydrogens (tertiary/aromatic N) is 3. The molecule has 1 aliphatic rings. The van der Waals surface area contributed by atoms with Gasteiger partial charge in [0.15, 0.2) is 5.71 Å². The summed E-state index contributed by atoms with van der Waals surface area (Å²) in [6.45, 7) is 0.226. The van der Waals surface area contributed by atoms with Crippen LogP contribution in [0.25, 0.3) is 0 Å². The first-order chi connectivity index (χ1) is 9.02. The van der Waals surface area contributed by atoms with Crippen LogP contribution in [0.5, 0.6) is 0 Å². The lowest BCUT2D eigenvalue weighted by atomic mass is 10.2. The summed E-state index contributed by atoms with van der Waals surface area (Å²) in [4.78, 5) is 41.0. The van der Waals surface area contributed by atoms with Crippen molar-refractivity contribution in [2.75, 3.05) is 14.1 Å². The summed E-state index contributed by atoms with van der Waals surface area (Å²) < 4.78 is 0. The number of urea groups is 1. The number of barbiturate groups is 1. The highest BCUT2D eigenvalue weighted by atomic mass is 16.2. The first-order valence-corrected chi connectivity index (χ1v) is 5.71. The summed E-state index contributed by atoms with van der Waals surface area (Å²) in [7, 11) is 2.65. The minimum absolute atomic E-state index is 0.214. The van der Waals surface area contributed by atoms with E-state index in [1.54, 1.807) is 0 Å². The predicted molar refractivity (Wildman–Crippen MR) is 68.5 cm³/mol. The third-order valence-electron chi connectivity index (χ3n) is 2.85. The Hall–Kier alpha value is -2.50. The molecule has 1 aliphatic heterocycles. The molecule has 1 heterocycles. The number of carbonyl (C=O) groups excluding carboxylic acids is 3. The third kappa shape index (κ3) is 2.37. The molecule has 1 fully saturated rings. The van der Waals surface area contributed by atoms with Gasteiger partial charge in [0.05, 0.1) is 6.54 Å². The summed E-state index contributed by atoms with van der Waals surface area (Å²) in [6.07, 6.45) is 0. The Balaban J connectivity index is 2.25. The normalized spacial score (nSPS) is 16.1. The second-order valence-electron chi connectivity index (χ2n) is 4.16. The number of rotatable bonds is 2. The fraction of sp³-hybridized carbons (Fsp3) is 0.231. The first-order valence-electron chi connectivity index (χ1n) is 5.71. The monoisotopic (exact) mass is 259 g/mol. The summed E-state index contributed by atoms with van der Waals surface area (Å²) in [5.74, 6) is -1.33. The highest BCUT2D eigenvalue weighted by Gasteiger charge is 2.39. The van der Waals surface area contributed by atoms with Crippen LogP contribution in [0.2, 0.25) is 0 Å². The molecule has 0 unspecified atom stereocenters. The standard InChI is InChI=1S/C13H13N3O3/c1-15-11(17)10(12(18)16(2)13(15)19)14-8-9-6-4-3-5-7-9/h3-7H,8H2,1-2H3. The number of hydrogen-bond acceptors (Lipinski definition) is 4. The van der Waals surface area contributed by atoms with Crippen molar-refractivity contribution in [2.24, 2.45) is 4.99 Å². The number of aliphatic imine (C=N–C) groups is 1. The SMILES string of the molecule is CN1C(=O)C(=NCc2ccccc2)C(=O)N(C)C1=O. The molecule has 0 radical (unpaired) electrons. The molecular formula is C13H13N3O3. The van der Waals surface area contributed by atoms with Gasteiger partial charge in [0, 0.05) is 14.1 Å². The fourth-order valence-electron chi connectivity index (χ4n) is 1.70. The maximum atomic E-state index is 11.8. The Bertz CT molecular complexity index is 540. The van der Waals surface area contributed by atoms with Gasteiger partial charge in [-0.3, -0.25) is 24.4 Å². The van der Waals surface area contributed by atoms with E-state index in [1.165, 1.54) is 14.1 Å². The molecule has 0 atom stereocenters. The van der Waals surface area contributed by atoms with Gasteiger partial charge in [0.1, 0.15) is 0 Å². The van der Waals surface area contributed by atoms with Gasteiger partial charge in [-0.2, -0.15) is 0 Å². The van der Waals surface area contributed by atoms with Crippen LogP contribution in [0.4, 0.5) is 4.79 Å². The highest BCUT2D eigenvalue weighted by Crippen LogP contribution is 2.08. The summed E-state index contributed by atoms with van der Waals surface area (Å²) in [5, 5.41) is 0. The van der Waals surface area contributed by atoms with Crippen molar-refractivity contribution >= 4 is 23.6 Å². The average Bonchev–Trinajstić information content (AvgIpc) is 2.44. The lowest BCUT2D eigenvalue weighted by Crippen LogP contribution is -2.57. The zero-order valence-electron chi connectivity index (χ0n) is 10.7. The zero-order chi connectivity index (χ0) is 14.0. The highest BCUT2D eigenvalue weighted by molar-refractivity contribution is 6.68. The smallest absolute Gasteiger partial charge is 0.270 e. The molecule has 6 heteroatoms. The predicted octanol–water partition coefficient (Wildman–Crippen LogP) is 0.678. The molecule has 19 heavy (non-hydrogen) atoms. The van der Waals surface area contributed by atoms with Gasteiger partial charge in [-0.1, -0.05) is 30.3 Å². The minimum atomic E-state index is -0.663. The van der Waals surface area contributed by atoms with Crippen molar-refractivity contribution in [3.05, 3.63) is 35.9 Å². The molecule has 2 rings (SSSR count). The van der Waals surface area contributed by atoms with Crippen molar-refractivity contribution in [3.8, 4) is 0 Å². The molecule has 1 aromatic rings. The molecule has 0 saturated carbocycles. The van der Waals surface area contributed by atoms with Crippen molar-refractivity contribution in [1.82, 2.24) is 9.80 Å². The van der Waals surface area contributed by atoms with E-state index >= 15 is 0 Å². The Morgan fingerprint density at radius 1 is 0.947 bits per heavy atom. The molecule has 0 aromatic heterocycles. The van der Waals surface area contributed by atoms with Gasteiger partial charge < -0.3 is 0 Å². The van der Waals surface area contributed by atoms with Crippen LogP contribution < -0.4 is 0 Å². The number of hydrogen-bond donors (Lipinski definition) is 0. The minimum Gasteiger partial charge on any atom is -0.270 e. The van der Waals surface area contributed by atoms with Gasteiger partial charge in [-0.05, 0) is 5.56 Å². The largest absolute Gasteiger partial charge is 0.333 e. The second kappa shape index (κ2) is 5.01. The molecule has 6 nitrogen and oxygen atoms in total. The van der Waals surface area contributed by atoms with Crippen LogP contribution in [-0.2, 0) is 16.1 Å². The zero-order valence-corrected chi connectivity index (χ0v) is 10.7. The second-order valence-corrected chi connectivity index (χ2v) is 4.16. The van der Waals surface area contributed by atoms with Gasteiger partial charge in [0.25, 0.3) is 11.8 Å². The van der Waals surface area contributed by atoms with Crippen LogP contribution in [0.15, 0.2) is 35.3 Å². The molecule has 1 aromatic carbocycles. The maximum absolute atomic E-state index is 11.8. The van der Waals surface area contributed by atoms with Crippen LogP contribution in [0.3, 0.4) is 0 Å². The third-order valence-corrected chi connectivity index (χ3v) is 2.85. The molecule has 1 saturated heterocycles. The van der Waals surface area contributed by atoms with Gasteiger partial charge in [0.2, 0.25) is 0 Å². The molecule has 0 spiro atoms. The topological polar surface area (TPSA) is 70.1 Å². The average molecular weight is 259 g/mol. The Morgan fingerprint density at radius 3 is 2.00 bits per heavy atom. The van der Waals surface area contributed by atoms with Crippen LogP contribution >= 0.6 is 0 Å². The first kappa shape index (κ1) is 12.9. The van der Waals surface area contributed by atoms with E-state index in [4.69, 9.17) is 0 Å². The van der Waals surface area contributed by atoms with E-state index in [2.05, 4.69) is 4.99 Å². The van der Waals surface area contributed by atoms with Crippen molar-refractivity contribution in [1.29, 1.82) is 0 Å². The van der Waals surface area contributed by atoms with Crippen LogP contribution in [0.1, 0.15) is 5.56 Å². The van der Waals surface area contributed by atoms with E-state index in [-0.39, 0.29) is 12.3 Å². The fourth-order valence-corrected chi connectivity index (χ4v) is 1.70. The quantitative estimate of drug-likeness (QED) is 0.784. The van der Waals surface area contributed by atoms with Crippen LogP contribution in [0, 0.1) is 0 Å². The van der Waals surface area contributed by atoms with E-state index < -0.39 is 17.8 Å². The van der Waals surface area contributed by atoms with Crippen LogP contribution in [-0.4, -0.2) is 47.5 Å². The maximum Gasteiger partial charge on any atom is 0.333 e. The Morgan fingerprint density at radius 2 is 1.47 bits per heavy atom. The summed E-state index contributed by atoms with van der Waals surface area (Å²) in [5.41, 5.74) is 0.672. The Kier molecular flexibility index (Phi) is 3.41. The Labute approximate surface area is 110 Å². The van der Waals surface area contributed by atoms with E-state index in [0.29, 0.717) is 0 Å². The van der Waals surface area contributed by atoms with Crippen molar-refractivity contribution in [2.45, 2.75) is 6.54 Å². The number of carbonyl (C=O) groups is 3. The lowest BCUT2D eigenvalue weighted by molar-refractivity contribution is -0.129. The van der Waals surface area contributed by atoms with Crippen molar-refractivity contribution < 1.29 is 14.4 Å². The van der Waals surface area contributed by atoms with E-state index in [9.17, 15) is 14.4 Å². The molecule has 98 valence electrons.